The molecule has 0 spiro atoms. The van der Waals surface area contributed by atoms with Crippen LogP contribution in [0.15, 0.2) is 113 Å². The van der Waals surface area contributed by atoms with E-state index in [1.165, 1.54) is 10.5 Å². The second kappa shape index (κ2) is 11.2. The van der Waals surface area contributed by atoms with Gasteiger partial charge in [-0.15, -0.1) is 0 Å². The van der Waals surface area contributed by atoms with Gasteiger partial charge in [0.05, 0.1) is 28.9 Å². The van der Waals surface area contributed by atoms with Crippen molar-refractivity contribution in [1.29, 1.82) is 0 Å². The van der Waals surface area contributed by atoms with Gasteiger partial charge in [0.2, 0.25) is 0 Å². The van der Waals surface area contributed by atoms with Crippen LogP contribution < -0.4 is 9.73 Å². The molecule has 0 aliphatic rings. The maximum atomic E-state index is 13.8. The molecule has 36 heavy (non-hydrogen) atoms. The van der Waals surface area contributed by atoms with Gasteiger partial charge in [0.15, 0.2) is 0 Å². The molecule has 4 aromatic carbocycles. The number of rotatable bonds is 8. The van der Waals surface area contributed by atoms with Crippen LogP contribution in [-0.4, -0.2) is 20.5 Å². The number of aryl methyl sites for hydroxylation is 1. The fourth-order valence-electron chi connectivity index (χ4n) is 3.54. The van der Waals surface area contributed by atoms with E-state index in [0.717, 1.165) is 11.1 Å². The van der Waals surface area contributed by atoms with Crippen molar-refractivity contribution in [3.63, 3.8) is 0 Å². The van der Waals surface area contributed by atoms with Crippen LogP contribution in [0.2, 0.25) is 5.02 Å². The fraction of sp³-hybridized carbons (Fsp3) is 0.0714. The van der Waals surface area contributed by atoms with E-state index in [0.29, 0.717) is 10.6 Å². The summed E-state index contributed by atoms with van der Waals surface area (Å²) in [5.74, 6) is -0.530. The van der Waals surface area contributed by atoms with Gasteiger partial charge in [-0.1, -0.05) is 83.9 Å². The van der Waals surface area contributed by atoms with Crippen molar-refractivity contribution in [2.75, 3.05) is 4.31 Å². The second-order valence-corrected chi connectivity index (χ2v) is 10.4. The van der Waals surface area contributed by atoms with Gasteiger partial charge in [-0.05, 0) is 54.4 Å². The summed E-state index contributed by atoms with van der Waals surface area (Å²) in [5.41, 5.74) is 5.39. The van der Waals surface area contributed by atoms with Gasteiger partial charge in [-0.3, -0.25) is 9.10 Å². The molecule has 1 N–H and O–H groups in total. The normalized spacial score (nSPS) is 11.4. The minimum atomic E-state index is -4.02. The summed E-state index contributed by atoms with van der Waals surface area (Å²) in [4.78, 5) is 13.2. The lowest BCUT2D eigenvalue weighted by atomic mass is 10.1. The molecular formula is C28H24ClN3O3S. The highest BCUT2D eigenvalue weighted by atomic mass is 35.5. The highest BCUT2D eigenvalue weighted by molar-refractivity contribution is 7.92. The van der Waals surface area contributed by atoms with E-state index >= 15 is 0 Å². The summed E-state index contributed by atoms with van der Waals surface area (Å²) in [6, 6.07) is 29.4. The number of nitrogens with one attached hydrogen (secondary N) is 1. The Labute approximate surface area is 215 Å². The lowest BCUT2D eigenvalue weighted by molar-refractivity contribution is 0.0956. The standard InChI is InChI=1S/C28H24ClN3O3S/c1-21-11-17-25(18-12-21)36(34,35)32(20-23-13-15-24(29)16-14-23)27-10-6-5-9-26(27)28(33)31-30-19-22-7-3-2-4-8-22/h2-19H,20H2,1H3,(H,31,33)/b30-19+. The van der Waals surface area contributed by atoms with Gasteiger partial charge in [0.1, 0.15) is 0 Å². The highest BCUT2D eigenvalue weighted by Crippen LogP contribution is 2.29. The summed E-state index contributed by atoms with van der Waals surface area (Å²) < 4.78 is 28.9. The zero-order chi connectivity index (χ0) is 25.5. The van der Waals surface area contributed by atoms with E-state index in [1.807, 2.05) is 37.3 Å². The summed E-state index contributed by atoms with van der Waals surface area (Å²) >= 11 is 6.03. The monoisotopic (exact) mass is 517 g/mol. The number of hydrogen-bond acceptors (Lipinski definition) is 4. The highest BCUT2D eigenvalue weighted by Gasteiger charge is 2.28. The maximum Gasteiger partial charge on any atom is 0.273 e. The molecule has 6 nitrogen and oxygen atoms in total. The Morgan fingerprint density at radius 2 is 1.53 bits per heavy atom. The van der Waals surface area contributed by atoms with Gasteiger partial charge >= 0.3 is 0 Å². The molecule has 0 saturated heterocycles. The van der Waals surface area contributed by atoms with E-state index in [2.05, 4.69) is 10.5 Å². The minimum absolute atomic E-state index is 0.00492. The number of carbonyl (C=O) groups excluding carboxylic acids is 1. The average molecular weight is 518 g/mol. The predicted molar refractivity (Wildman–Crippen MR) is 144 cm³/mol. The molecule has 0 unspecified atom stereocenters. The van der Waals surface area contributed by atoms with E-state index in [9.17, 15) is 13.2 Å². The first-order valence-corrected chi connectivity index (χ1v) is 13.0. The van der Waals surface area contributed by atoms with Gasteiger partial charge in [-0.25, -0.2) is 13.8 Å². The van der Waals surface area contributed by atoms with Gasteiger partial charge in [0, 0.05) is 5.02 Å². The molecule has 0 bridgehead atoms. The van der Waals surface area contributed by atoms with Crippen LogP contribution in [0.5, 0.6) is 0 Å². The lowest BCUT2D eigenvalue weighted by Gasteiger charge is -2.26. The molecule has 182 valence electrons. The van der Waals surface area contributed by atoms with Crippen LogP contribution >= 0.6 is 11.6 Å². The summed E-state index contributed by atoms with van der Waals surface area (Å²) in [5, 5.41) is 4.58. The number of amides is 1. The summed E-state index contributed by atoms with van der Waals surface area (Å²) in [6.07, 6.45) is 1.52. The average Bonchev–Trinajstić information content (AvgIpc) is 2.89. The molecule has 0 saturated carbocycles. The number of hydrogen-bond donors (Lipinski definition) is 1. The summed E-state index contributed by atoms with van der Waals surface area (Å²) in [6.45, 7) is 1.89. The number of halogens is 1. The molecular weight excluding hydrogens is 494 g/mol. The third-order valence-corrected chi connectivity index (χ3v) is 7.47. The molecule has 4 rings (SSSR count). The molecule has 0 atom stereocenters. The molecule has 8 heteroatoms. The third kappa shape index (κ3) is 6.00. The topological polar surface area (TPSA) is 78.8 Å². The Kier molecular flexibility index (Phi) is 7.83. The predicted octanol–water partition coefficient (Wildman–Crippen LogP) is 5.81. The van der Waals surface area contributed by atoms with Gasteiger partial charge in [0.25, 0.3) is 15.9 Å². The largest absolute Gasteiger partial charge is 0.273 e. The van der Waals surface area contributed by atoms with Crippen molar-refractivity contribution in [3.8, 4) is 0 Å². The van der Waals surface area contributed by atoms with Crippen LogP contribution in [0.4, 0.5) is 5.69 Å². The Bertz CT molecular complexity index is 1470. The van der Waals surface area contributed by atoms with Gasteiger partial charge in [-0.2, -0.15) is 5.10 Å². The zero-order valence-electron chi connectivity index (χ0n) is 19.5. The molecule has 0 aliphatic carbocycles. The van der Waals surface area contributed by atoms with Crippen molar-refractivity contribution in [2.45, 2.75) is 18.4 Å². The van der Waals surface area contributed by atoms with Crippen LogP contribution in [0.1, 0.15) is 27.0 Å². The molecule has 0 heterocycles. The molecule has 0 aromatic heterocycles. The number of carbonyl (C=O) groups is 1. The van der Waals surface area contributed by atoms with E-state index in [1.54, 1.807) is 72.8 Å². The number of para-hydroxylation sites is 1. The van der Waals surface area contributed by atoms with Crippen molar-refractivity contribution in [2.24, 2.45) is 5.10 Å². The molecule has 4 aromatic rings. The maximum absolute atomic E-state index is 13.8. The van der Waals surface area contributed by atoms with Crippen molar-refractivity contribution in [1.82, 2.24) is 5.43 Å². The minimum Gasteiger partial charge on any atom is -0.267 e. The Morgan fingerprint density at radius 1 is 0.889 bits per heavy atom. The molecule has 0 radical (unpaired) electrons. The Hall–Kier alpha value is -3.94. The van der Waals surface area contributed by atoms with Crippen LogP contribution in [0.25, 0.3) is 0 Å². The number of anilines is 1. The van der Waals surface area contributed by atoms with Crippen molar-refractivity contribution < 1.29 is 13.2 Å². The number of sulfonamides is 1. The first-order valence-electron chi connectivity index (χ1n) is 11.2. The van der Waals surface area contributed by atoms with E-state index < -0.39 is 15.9 Å². The summed E-state index contributed by atoms with van der Waals surface area (Å²) in [7, 11) is -4.02. The quantitative estimate of drug-likeness (QED) is 0.237. The smallest absolute Gasteiger partial charge is 0.267 e. The van der Waals surface area contributed by atoms with Crippen LogP contribution in [-0.2, 0) is 16.6 Å². The number of hydrazone groups is 1. The molecule has 0 fully saturated rings. The van der Waals surface area contributed by atoms with E-state index in [4.69, 9.17) is 11.6 Å². The van der Waals surface area contributed by atoms with E-state index in [-0.39, 0.29) is 22.7 Å². The molecule has 1 amide bonds. The first kappa shape index (κ1) is 25.2. The lowest BCUT2D eigenvalue weighted by Crippen LogP contribution is -2.33. The van der Waals surface area contributed by atoms with Crippen molar-refractivity contribution >= 4 is 39.4 Å². The van der Waals surface area contributed by atoms with Crippen LogP contribution in [0.3, 0.4) is 0 Å². The van der Waals surface area contributed by atoms with Gasteiger partial charge < -0.3 is 0 Å². The number of benzene rings is 4. The second-order valence-electron chi connectivity index (χ2n) is 8.08. The Balaban J connectivity index is 1.72. The third-order valence-electron chi connectivity index (χ3n) is 5.45. The van der Waals surface area contributed by atoms with Crippen LogP contribution in [0, 0.1) is 6.92 Å². The van der Waals surface area contributed by atoms with Crippen molar-refractivity contribution in [3.05, 3.63) is 130 Å². The fourth-order valence-corrected chi connectivity index (χ4v) is 5.14. The number of nitrogens with zero attached hydrogens (tertiary/aromatic N) is 2. The SMILES string of the molecule is Cc1ccc(S(=O)(=O)N(Cc2ccc(Cl)cc2)c2ccccc2C(=O)N/N=C/c2ccccc2)cc1. The zero-order valence-corrected chi connectivity index (χ0v) is 21.1. The molecule has 0 aliphatic heterocycles. The Morgan fingerprint density at radius 3 is 2.22 bits per heavy atom. The first-order chi connectivity index (χ1) is 17.3.